The van der Waals surface area contributed by atoms with Gasteiger partial charge in [0.15, 0.2) is 0 Å². The number of benzene rings is 3. The largest absolute Gasteiger partial charge is 0.492 e. The highest BCUT2D eigenvalue weighted by molar-refractivity contribution is 9.10. The number of carbonyl (C=O) groups excluding carboxylic acids is 2. The number of halogens is 1. The van der Waals surface area contributed by atoms with Crippen molar-refractivity contribution in [1.82, 2.24) is 0 Å². The lowest BCUT2D eigenvalue weighted by Gasteiger charge is -2.20. The first-order valence-electron chi connectivity index (χ1n) is 10.4. The predicted octanol–water partition coefficient (Wildman–Crippen LogP) is 5.63. The number of rotatable bonds is 7. The van der Waals surface area contributed by atoms with Gasteiger partial charge in [-0.1, -0.05) is 28.1 Å². The van der Waals surface area contributed by atoms with Gasteiger partial charge >= 0.3 is 0 Å². The molecule has 32 heavy (non-hydrogen) atoms. The van der Waals surface area contributed by atoms with Crippen molar-refractivity contribution in [3.05, 3.63) is 77.3 Å². The van der Waals surface area contributed by atoms with Crippen molar-refractivity contribution >= 4 is 39.1 Å². The van der Waals surface area contributed by atoms with E-state index in [1.165, 1.54) is 0 Å². The molecule has 1 N–H and O–H groups in total. The number of nitrogens with one attached hydrogen (secondary N) is 1. The summed E-state index contributed by atoms with van der Waals surface area (Å²) in [6, 6.07) is 22.1. The molecule has 1 saturated heterocycles. The Kier molecular flexibility index (Phi) is 6.75. The van der Waals surface area contributed by atoms with Crippen LogP contribution in [0.5, 0.6) is 17.2 Å². The van der Waals surface area contributed by atoms with E-state index in [0.717, 1.165) is 10.2 Å². The third kappa shape index (κ3) is 5.11. The van der Waals surface area contributed by atoms with Gasteiger partial charge in [-0.3, -0.25) is 9.59 Å². The van der Waals surface area contributed by atoms with E-state index in [-0.39, 0.29) is 18.2 Å². The first-order chi connectivity index (χ1) is 15.5. The van der Waals surface area contributed by atoms with E-state index in [1.807, 2.05) is 55.5 Å². The van der Waals surface area contributed by atoms with Gasteiger partial charge in [-0.2, -0.15) is 0 Å². The molecule has 0 radical (unpaired) electrons. The van der Waals surface area contributed by atoms with Gasteiger partial charge in [0, 0.05) is 23.1 Å². The monoisotopic (exact) mass is 494 g/mol. The van der Waals surface area contributed by atoms with Crippen LogP contribution in [0.25, 0.3) is 0 Å². The molecular weight excluding hydrogens is 472 g/mol. The van der Waals surface area contributed by atoms with Crippen molar-refractivity contribution in [2.45, 2.75) is 13.3 Å². The molecule has 7 heteroatoms. The highest BCUT2D eigenvalue weighted by atomic mass is 79.9. The first kappa shape index (κ1) is 21.9. The Morgan fingerprint density at radius 3 is 2.38 bits per heavy atom. The number of ether oxygens (including phenoxy) is 2. The van der Waals surface area contributed by atoms with E-state index in [0.29, 0.717) is 36.0 Å². The summed E-state index contributed by atoms with van der Waals surface area (Å²) in [7, 11) is 0. The van der Waals surface area contributed by atoms with Crippen LogP contribution in [0.3, 0.4) is 0 Å². The quantitative estimate of drug-likeness (QED) is 0.461. The molecule has 0 aliphatic carbocycles. The van der Waals surface area contributed by atoms with Crippen molar-refractivity contribution in [2.75, 3.05) is 23.4 Å². The maximum absolute atomic E-state index is 12.8. The van der Waals surface area contributed by atoms with Crippen LogP contribution in [0.2, 0.25) is 0 Å². The molecule has 0 spiro atoms. The average molecular weight is 495 g/mol. The van der Waals surface area contributed by atoms with Crippen molar-refractivity contribution in [2.24, 2.45) is 5.92 Å². The minimum atomic E-state index is -0.434. The summed E-state index contributed by atoms with van der Waals surface area (Å²) in [4.78, 5) is 27.0. The summed E-state index contributed by atoms with van der Waals surface area (Å²) < 4.78 is 12.4. The zero-order chi connectivity index (χ0) is 22.5. The van der Waals surface area contributed by atoms with Crippen LogP contribution < -0.4 is 19.7 Å². The van der Waals surface area contributed by atoms with Gasteiger partial charge in [-0.05, 0) is 67.6 Å². The minimum Gasteiger partial charge on any atom is -0.492 e. The Labute approximate surface area is 195 Å². The number of hydrogen-bond acceptors (Lipinski definition) is 4. The number of amides is 2. The van der Waals surface area contributed by atoms with Crippen molar-refractivity contribution in [3.63, 3.8) is 0 Å². The number of anilines is 2. The molecule has 1 atom stereocenters. The fraction of sp³-hybridized carbons (Fsp3) is 0.200. The molecule has 3 aromatic carbocycles. The molecule has 1 fully saturated rings. The number of nitrogens with zero attached hydrogens (tertiary/aromatic N) is 1. The van der Waals surface area contributed by atoms with Crippen molar-refractivity contribution in [1.29, 1.82) is 0 Å². The van der Waals surface area contributed by atoms with E-state index < -0.39 is 5.92 Å². The van der Waals surface area contributed by atoms with Gasteiger partial charge in [-0.25, -0.2) is 0 Å². The minimum absolute atomic E-state index is 0.0875. The highest BCUT2D eigenvalue weighted by Gasteiger charge is 2.36. The third-order valence-corrected chi connectivity index (χ3v) is 5.65. The normalized spacial score (nSPS) is 15.5. The molecule has 6 nitrogen and oxygen atoms in total. The predicted molar refractivity (Wildman–Crippen MR) is 127 cm³/mol. The Hall–Kier alpha value is -3.32. The van der Waals surface area contributed by atoms with Crippen LogP contribution in [0, 0.1) is 5.92 Å². The van der Waals surface area contributed by atoms with Crippen LogP contribution in [-0.4, -0.2) is 25.0 Å². The highest BCUT2D eigenvalue weighted by Crippen LogP contribution is 2.33. The fourth-order valence-corrected chi connectivity index (χ4v) is 3.83. The van der Waals surface area contributed by atoms with E-state index in [9.17, 15) is 9.59 Å². The molecule has 1 heterocycles. The molecular formula is C25H23BrN2O4. The molecule has 1 aliphatic heterocycles. The van der Waals surface area contributed by atoms with E-state index in [1.54, 1.807) is 29.2 Å². The Morgan fingerprint density at radius 1 is 1.03 bits per heavy atom. The summed E-state index contributed by atoms with van der Waals surface area (Å²) >= 11 is 3.40. The average Bonchev–Trinajstić information content (AvgIpc) is 3.19. The summed E-state index contributed by atoms with van der Waals surface area (Å²) in [5.74, 6) is 1.33. The number of carbonyl (C=O) groups is 2. The van der Waals surface area contributed by atoms with E-state index in [4.69, 9.17) is 9.47 Å². The topological polar surface area (TPSA) is 67.9 Å². The Morgan fingerprint density at radius 2 is 1.69 bits per heavy atom. The second kappa shape index (κ2) is 9.87. The number of para-hydroxylation sites is 2. The van der Waals surface area contributed by atoms with Crippen LogP contribution in [0.1, 0.15) is 13.3 Å². The second-order valence-corrected chi connectivity index (χ2v) is 8.29. The van der Waals surface area contributed by atoms with Crippen LogP contribution >= 0.6 is 15.9 Å². The van der Waals surface area contributed by atoms with Crippen molar-refractivity contribution in [3.8, 4) is 17.2 Å². The molecule has 0 unspecified atom stereocenters. The van der Waals surface area contributed by atoms with Gasteiger partial charge in [0.1, 0.15) is 17.2 Å². The maximum Gasteiger partial charge on any atom is 0.229 e. The molecule has 0 bridgehead atoms. The lowest BCUT2D eigenvalue weighted by Crippen LogP contribution is -2.28. The van der Waals surface area contributed by atoms with Gasteiger partial charge < -0.3 is 19.7 Å². The first-order valence-corrected chi connectivity index (χ1v) is 11.2. The molecule has 164 valence electrons. The lowest BCUT2D eigenvalue weighted by molar-refractivity contribution is -0.122. The van der Waals surface area contributed by atoms with Gasteiger partial charge in [0.25, 0.3) is 0 Å². The third-order valence-electron chi connectivity index (χ3n) is 5.12. The van der Waals surface area contributed by atoms with Crippen molar-refractivity contribution < 1.29 is 19.1 Å². The van der Waals surface area contributed by atoms with E-state index in [2.05, 4.69) is 21.2 Å². The number of hydrogen-bond donors (Lipinski definition) is 1. The molecule has 0 saturated carbocycles. The van der Waals surface area contributed by atoms with Gasteiger partial charge in [0.2, 0.25) is 11.8 Å². The fourth-order valence-electron chi connectivity index (χ4n) is 3.56. The summed E-state index contributed by atoms with van der Waals surface area (Å²) in [6.07, 6.45) is 0.164. The SMILES string of the molecule is CCOc1ccccc1N1C[C@@H](C(=O)Nc2ccc(Oc3ccc(Br)cc3)cc2)CC1=O. The van der Waals surface area contributed by atoms with Crippen LogP contribution in [-0.2, 0) is 9.59 Å². The summed E-state index contributed by atoms with van der Waals surface area (Å²) in [5.41, 5.74) is 1.35. The van der Waals surface area contributed by atoms with Crippen LogP contribution in [0.4, 0.5) is 11.4 Å². The Bertz CT molecular complexity index is 1100. The van der Waals surface area contributed by atoms with E-state index >= 15 is 0 Å². The maximum atomic E-state index is 12.8. The standard InChI is InChI=1S/C25H23BrN2O4/c1-2-31-23-6-4-3-5-22(23)28-16-17(15-24(28)29)25(30)27-19-9-13-21(14-10-19)32-20-11-7-18(26)8-12-20/h3-14,17H,2,15-16H2,1H3,(H,27,30)/t17-/m0/s1. The van der Waals surface area contributed by atoms with Crippen LogP contribution in [0.15, 0.2) is 77.3 Å². The summed E-state index contributed by atoms with van der Waals surface area (Å²) in [6.45, 7) is 2.72. The molecule has 1 aliphatic rings. The second-order valence-electron chi connectivity index (χ2n) is 7.38. The smallest absolute Gasteiger partial charge is 0.229 e. The Balaban J connectivity index is 1.38. The zero-order valence-corrected chi connectivity index (χ0v) is 19.2. The molecule has 4 rings (SSSR count). The summed E-state index contributed by atoms with van der Waals surface area (Å²) in [5, 5.41) is 2.90. The van der Waals surface area contributed by atoms with Gasteiger partial charge in [-0.15, -0.1) is 0 Å². The van der Waals surface area contributed by atoms with Gasteiger partial charge in [0.05, 0.1) is 18.2 Å². The zero-order valence-electron chi connectivity index (χ0n) is 17.6. The molecule has 3 aromatic rings. The molecule has 0 aromatic heterocycles. The lowest BCUT2D eigenvalue weighted by atomic mass is 10.1. The molecule has 2 amide bonds.